The summed E-state index contributed by atoms with van der Waals surface area (Å²) >= 11 is 0. The van der Waals surface area contributed by atoms with Gasteiger partial charge in [-0.2, -0.15) is 0 Å². The van der Waals surface area contributed by atoms with Crippen molar-refractivity contribution < 1.29 is 17.9 Å². The van der Waals surface area contributed by atoms with Crippen molar-refractivity contribution in [3.8, 4) is 0 Å². The summed E-state index contributed by atoms with van der Waals surface area (Å²) in [6, 6.07) is 6.26. The Morgan fingerprint density at radius 1 is 1.38 bits per heavy atom. The molecule has 1 aromatic rings. The second-order valence-corrected chi connectivity index (χ2v) is 8.39. The molecule has 0 saturated carbocycles. The summed E-state index contributed by atoms with van der Waals surface area (Å²) in [5.41, 5.74) is 0.412. The highest BCUT2D eigenvalue weighted by atomic mass is 32.2. The minimum Gasteiger partial charge on any atom is -0.381 e. The van der Waals surface area contributed by atoms with Gasteiger partial charge in [-0.25, -0.2) is 12.7 Å². The number of hydrogen-bond acceptors (Lipinski definition) is 4. The van der Waals surface area contributed by atoms with Gasteiger partial charge in [0, 0.05) is 39.4 Å². The maximum atomic E-state index is 12.7. The van der Waals surface area contributed by atoms with Crippen LogP contribution >= 0.6 is 0 Å². The fourth-order valence-corrected chi connectivity index (χ4v) is 3.80. The summed E-state index contributed by atoms with van der Waals surface area (Å²) < 4.78 is 31.1. The van der Waals surface area contributed by atoms with Gasteiger partial charge in [0.15, 0.2) is 0 Å². The number of carbonyl (C=O) groups is 1. The first kappa shape index (κ1) is 18.9. The second kappa shape index (κ2) is 8.09. The van der Waals surface area contributed by atoms with Crippen LogP contribution in [0, 0.1) is 5.92 Å². The lowest BCUT2D eigenvalue weighted by molar-refractivity contribution is 0.0501. The summed E-state index contributed by atoms with van der Waals surface area (Å²) in [6.45, 7) is 4.66. The number of nitrogens with zero attached hydrogens (tertiary/aromatic N) is 2. The number of carbonyl (C=O) groups excluding carboxylic acids is 1. The molecule has 1 aliphatic rings. The first-order chi connectivity index (χ1) is 11.4. The van der Waals surface area contributed by atoms with E-state index in [0.29, 0.717) is 37.8 Å². The van der Waals surface area contributed by atoms with Crippen molar-refractivity contribution in [2.24, 2.45) is 5.92 Å². The number of piperidine rings is 1. The van der Waals surface area contributed by atoms with Gasteiger partial charge in [-0.15, -0.1) is 0 Å². The minimum absolute atomic E-state index is 0.119. The van der Waals surface area contributed by atoms with Gasteiger partial charge >= 0.3 is 0 Å². The van der Waals surface area contributed by atoms with Crippen molar-refractivity contribution in [3.05, 3.63) is 29.8 Å². The first-order valence-corrected chi connectivity index (χ1v) is 9.70. The Bertz CT molecular complexity index is 673. The molecule has 0 spiro atoms. The van der Waals surface area contributed by atoms with Crippen LogP contribution in [0.1, 0.15) is 30.1 Å². The highest BCUT2D eigenvalue weighted by Gasteiger charge is 2.26. The normalized spacial score (nSPS) is 18.8. The molecule has 134 valence electrons. The smallest absolute Gasteiger partial charge is 0.253 e. The molecule has 0 radical (unpaired) electrons. The Balaban J connectivity index is 2.15. The molecule has 1 aromatic carbocycles. The zero-order valence-corrected chi connectivity index (χ0v) is 15.4. The lowest BCUT2D eigenvalue weighted by Gasteiger charge is -2.32. The number of likely N-dealkylation sites (tertiary alicyclic amines) is 1. The fourth-order valence-electron chi connectivity index (χ4n) is 2.85. The molecule has 1 heterocycles. The Morgan fingerprint density at radius 3 is 2.79 bits per heavy atom. The number of sulfonamides is 1. The average molecular weight is 354 g/mol. The number of rotatable bonds is 6. The predicted octanol–water partition coefficient (Wildman–Crippen LogP) is 1.83. The van der Waals surface area contributed by atoms with E-state index < -0.39 is 10.0 Å². The third kappa shape index (κ3) is 4.34. The van der Waals surface area contributed by atoms with Crippen molar-refractivity contribution in [2.45, 2.75) is 24.7 Å². The SMILES string of the molecule is CCOCC1CCCN(C(=O)c2cccc(S(=O)(=O)N(C)C)c2)C1. The number of benzene rings is 1. The third-order valence-electron chi connectivity index (χ3n) is 4.22. The van der Waals surface area contributed by atoms with Crippen LogP contribution in [-0.4, -0.2) is 63.9 Å². The molecular weight excluding hydrogens is 328 g/mol. The topological polar surface area (TPSA) is 66.9 Å². The highest BCUT2D eigenvalue weighted by Crippen LogP contribution is 2.21. The quantitative estimate of drug-likeness (QED) is 0.782. The van der Waals surface area contributed by atoms with Gasteiger partial charge in [0.25, 0.3) is 5.91 Å². The molecule has 1 unspecified atom stereocenters. The van der Waals surface area contributed by atoms with Gasteiger partial charge < -0.3 is 9.64 Å². The lowest BCUT2D eigenvalue weighted by atomic mass is 9.98. The largest absolute Gasteiger partial charge is 0.381 e. The molecule has 24 heavy (non-hydrogen) atoms. The summed E-state index contributed by atoms with van der Waals surface area (Å²) in [5.74, 6) is 0.225. The molecule has 0 N–H and O–H groups in total. The molecule has 0 aromatic heterocycles. The molecule has 1 aliphatic heterocycles. The van der Waals surface area contributed by atoms with Crippen molar-refractivity contribution in [1.82, 2.24) is 9.21 Å². The second-order valence-electron chi connectivity index (χ2n) is 6.23. The van der Waals surface area contributed by atoms with Gasteiger partial charge in [-0.05, 0) is 43.9 Å². The van der Waals surface area contributed by atoms with Gasteiger partial charge in [-0.1, -0.05) is 6.07 Å². The molecule has 0 bridgehead atoms. The number of ether oxygens (including phenoxy) is 1. The molecule has 0 aliphatic carbocycles. The molecule has 6 nitrogen and oxygen atoms in total. The summed E-state index contributed by atoms with van der Waals surface area (Å²) in [7, 11) is -0.586. The van der Waals surface area contributed by atoms with Gasteiger partial charge in [-0.3, -0.25) is 4.79 Å². The van der Waals surface area contributed by atoms with Crippen LogP contribution in [0.4, 0.5) is 0 Å². The van der Waals surface area contributed by atoms with Crippen molar-refractivity contribution in [1.29, 1.82) is 0 Å². The summed E-state index contributed by atoms with van der Waals surface area (Å²) in [6.07, 6.45) is 2.00. The van der Waals surface area contributed by atoms with Gasteiger partial charge in [0.05, 0.1) is 11.5 Å². The van der Waals surface area contributed by atoms with Crippen molar-refractivity contribution in [2.75, 3.05) is 40.4 Å². The van der Waals surface area contributed by atoms with Crippen LogP contribution in [0.2, 0.25) is 0 Å². The molecule has 2 rings (SSSR count). The summed E-state index contributed by atoms with van der Waals surface area (Å²) in [4.78, 5) is 14.7. The van der Waals surface area contributed by atoms with E-state index in [4.69, 9.17) is 4.74 Å². The van der Waals surface area contributed by atoms with Crippen LogP contribution in [0.5, 0.6) is 0 Å². The van der Waals surface area contributed by atoms with Crippen LogP contribution in [0.15, 0.2) is 29.2 Å². The minimum atomic E-state index is -3.54. The highest BCUT2D eigenvalue weighted by molar-refractivity contribution is 7.89. The van der Waals surface area contributed by atoms with Crippen LogP contribution in [0.25, 0.3) is 0 Å². The maximum absolute atomic E-state index is 12.7. The van der Waals surface area contributed by atoms with Crippen molar-refractivity contribution in [3.63, 3.8) is 0 Å². The summed E-state index contributed by atoms with van der Waals surface area (Å²) in [5, 5.41) is 0. The molecule has 7 heteroatoms. The number of hydrogen-bond donors (Lipinski definition) is 0. The molecule has 1 fully saturated rings. The number of amides is 1. The molecule has 1 amide bonds. The zero-order valence-electron chi connectivity index (χ0n) is 14.6. The first-order valence-electron chi connectivity index (χ1n) is 8.26. The molecular formula is C17H26N2O4S. The van der Waals surface area contributed by atoms with Gasteiger partial charge in [0.2, 0.25) is 10.0 Å². The van der Waals surface area contributed by atoms with E-state index in [1.54, 1.807) is 17.0 Å². The van der Waals surface area contributed by atoms with Crippen molar-refractivity contribution >= 4 is 15.9 Å². The van der Waals surface area contributed by atoms with E-state index in [0.717, 1.165) is 17.1 Å². The van der Waals surface area contributed by atoms with E-state index in [9.17, 15) is 13.2 Å². The van der Waals surface area contributed by atoms with Crippen LogP contribution < -0.4 is 0 Å². The predicted molar refractivity (Wildman–Crippen MR) is 92.4 cm³/mol. The molecule has 1 atom stereocenters. The Morgan fingerprint density at radius 2 is 2.12 bits per heavy atom. The monoisotopic (exact) mass is 354 g/mol. The van der Waals surface area contributed by atoms with Crippen LogP contribution in [0.3, 0.4) is 0 Å². The van der Waals surface area contributed by atoms with E-state index in [1.807, 2.05) is 6.92 Å². The standard InChI is InChI=1S/C17H26N2O4S/c1-4-23-13-14-7-6-10-19(12-14)17(20)15-8-5-9-16(11-15)24(21,22)18(2)3/h5,8-9,11,14H,4,6-7,10,12-13H2,1-3H3. The average Bonchev–Trinajstić information content (AvgIpc) is 2.59. The van der Waals surface area contributed by atoms with E-state index in [1.165, 1.54) is 26.2 Å². The van der Waals surface area contributed by atoms with E-state index in [2.05, 4.69) is 0 Å². The Kier molecular flexibility index (Phi) is 6.37. The Labute approximate surface area is 144 Å². The fraction of sp³-hybridized carbons (Fsp3) is 0.588. The van der Waals surface area contributed by atoms with E-state index >= 15 is 0 Å². The maximum Gasteiger partial charge on any atom is 0.253 e. The zero-order chi connectivity index (χ0) is 17.7. The third-order valence-corrected chi connectivity index (χ3v) is 6.03. The van der Waals surface area contributed by atoms with Crippen LogP contribution in [-0.2, 0) is 14.8 Å². The van der Waals surface area contributed by atoms with Gasteiger partial charge in [0.1, 0.15) is 0 Å². The van der Waals surface area contributed by atoms with E-state index in [-0.39, 0.29) is 10.8 Å². The lowest BCUT2D eigenvalue weighted by Crippen LogP contribution is -2.41. The molecule has 1 saturated heterocycles. The Hall–Kier alpha value is -1.44.